The first-order chi connectivity index (χ1) is 4.95. The van der Waals surface area contributed by atoms with Crippen molar-refractivity contribution in [3.05, 3.63) is 41.5 Å². The van der Waals surface area contributed by atoms with Crippen LogP contribution in [-0.2, 0) is 6.42 Å². The molecule has 0 saturated heterocycles. The van der Waals surface area contributed by atoms with E-state index in [1.54, 1.807) is 11.1 Å². The first kappa shape index (κ1) is 4.73. The molecule has 0 N–H and O–H groups in total. The molecule has 1 atom stereocenters. The smallest absolute Gasteiger partial charge is 0.00679 e. The van der Waals surface area contributed by atoms with E-state index in [4.69, 9.17) is 0 Å². The van der Waals surface area contributed by atoms with Crippen LogP contribution < -0.4 is 0 Å². The highest BCUT2D eigenvalue weighted by Crippen LogP contribution is 2.48. The molecule has 0 bridgehead atoms. The third-order valence-corrected chi connectivity index (χ3v) is 2.44. The first-order valence-corrected chi connectivity index (χ1v) is 3.75. The monoisotopic (exact) mass is 128 g/mol. The van der Waals surface area contributed by atoms with E-state index < -0.39 is 0 Å². The minimum Gasteiger partial charge on any atom is -0.0722 e. The highest BCUT2D eigenvalue weighted by molar-refractivity contribution is 5.86. The lowest BCUT2D eigenvalue weighted by atomic mass is 10.1. The van der Waals surface area contributed by atoms with Gasteiger partial charge in [0.05, 0.1) is 0 Å². The first-order valence-electron chi connectivity index (χ1n) is 3.75. The molecule has 0 heteroatoms. The fourth-order valence-electron chi connectivity index (χ4n) is 1.84. The van der Waals surface area contributed by atoms with Crippen molar-refractivity contribution in [1.82, 2.24) is 0 Å². The second kappa shape index (κ2) is 1.34. The van der Waals surface area contributed by atoms with Crippen molar-refractivity contribution in [2.24, 2.45) is 5.92 Å². The number of hydrogen-bond donors (Lipinski definition) is 0. The lowest BCUT2D eigenvalue weighted by Crippen LogP contribution is -1.81. The number of allylic oxidation sites excluding steroid dienone is 2. The van der Waals surface area contributed by atoms with Crippen LogP contribution in [0.2, 0.25) is 0 Å². The van der Waals surface area contributed by atoms with Crippen LogP contribution in [0.3, 0.4) is 0 Å². The highest BCUT2D eigenvalue weighted by atomic mass is 14.4. The van der Waals surface area contributed by atoms with Crippen LogP contribution in [0.4, 0.5) is 0 Å². The van der Waals surface area contributed by atoms with Crippen LogP contribution in [0.25, 0.3) is 5.57 Å². The molecule has 0 aliphatic heterocycles. The van der Waals surface area contributed by atoms with Crippen LogP contribution in [0.15, 0.2) is 30.3 Å². The van der Waals surface area contributed by atoms with E-state index in [-0.39, 0.29) is 0 Å². The number of rotatable bonds is 0. The summed E-state index contributed by atoms with van der Waals surface area (Å²) >= 11 is 0. The van der Waals surface area contributed by atoms with Gasteiger partial charge in [-0.15, -0.1) is 0 Å². The Bertz CT molecular complexity index is 321. The number of hydrogen-bond acceptors (Lipinski definition) is 0. The summed E-state index contributed by atoms with van der Waals surface area (Å²) in [6.45, 7) is 0. The van der Waals surface area contributed by atoms with Gasteiger partial charge in [-0.3, -0.25) is 0 Å². The van der Waals surface area contributed by atoms with E-state index in [9.17, 15) is 0 Å². The van der Waals surface area contributed by atoms with Crippen molar-refractivity contribution < 1.29 is 0 Å². The summed E-state index contributed by atoms with van der Waals surface area (Å²) in [5, 5.41) is 0. The predicted octanol–water partition coefficient (Wildman–Crippen LogP) is 2.26. The molecule has 0 radical (unpaired) electrons. The van der Waals surface area contributed by atoms with E-state index in [2.05, 4.69) is 30.3 Å². The van der Waals surface area contributed by atoms with E-state index in [0.29, 0.717) is 0 Å². The maximum Gasteiger partial charge on any atom is 0.00679 e. The molecule has 0 saturated carbocycles. The number of benzene rings is 1. The third kappa shape index (κ3) is 0.431. The van der Waals surface area contributed by atoms with Gasteiger partial charge in [0.25, 0.3) is 0 Å². The molecule has 0 nitrogen and oxygen atoms in total. The lowest BCUT2D eigenvalue weighted by molar-refractivity contribution is 0.952. The van der Waals surface area contributed by atoms with Crippen LogP contribution in [0, 0.1) is 5.92 Å². The topological polar surface area (TPSA) is 0 Å². The second-order valence-electron chi connectivity index (χ2n) is 3.09. The Kier molecular flexibility index (Phi) is 0.634. The zero-order chi connectivity index (χ0) is 6.55. The summed E-state index contributed by atoms with van der Waals surface area (Å²) in [5.74, 6) is 0.831. The molecule has 0 spiro atoms. The van der Waals surface area contributed by atoms with Crippen molar-refractivity contribution in [3.63, 3.8) is 0 Å². The average molecular weight is 128 g/mol. The maximum absolute atomic E-state index is 2.36. The van der Waals surface area contributed by atoms with Crippen molar-refractivity contribution in [2.45, 2.75) is 6.42 Å². The lowest BCUT2D eigenvalue weighted by Gasteiger charge is -1.95. The van der Waals surface area contributed by atoms with Gasteiger partial charge in [0.15, 0.2) is 0 Å². The standard InChI is InChI=1S/C10H8/c1-2-4-9-7(3-1)5-8-6-10(8)9/h1-4,6,8H,5H2. The average Bonchev–Trinajstić information content (AvgIpc) is 2.64. The van der Waals surface area contributed by atoms with Gasteiger partial charge in [0.2, 0.25) is 0 Å². The van der Waals surface area contributed by atoms with Crippen molar-refractivity contribution in [1.29, 1.82) is 0 Å². The summed E-state index contributed by atoms with van der Waals surface area (Å²) < 4.78 is 0. The van der Waals surface area contributed by atoms with Gasteiger partial charge in [-0.1, -0.05) is 30.3 Å². The van der Waals surface area contributed by atoms with Crippen LogP contribution in [0.1, 0.15) is 11.1 Å². The molecule has 0 amide bonds. The third-order valence-electron chi connectivity index (χ3n) is 2.44. The van der Waals surface area contributed by atoms with Gasteiger partial charge in [-0.05, 0) is 23.1 Å². The summed E-state index contributed by atoms with van der Waals surface area (Å²) in [6, 6.07) is 8.72. The quantitative estimate of drug-likeness (QED) is 0.502. The van der Waals surface area contributed by atoms with Gasteiger partial charge in [-0.25, -0.2) is 0 Å². The Morgan fingerprint density at radius 2 is 2.10 bits per heavy atom. The minimum atomic E-state index is 0.831. The molecular weight excluding hydrogens is 120 g/mol. The largest absolute Gasteiger partial charge is 0.0722 e. The molecule has 0 heterocycles. The van der Waals surface area contributed by atoms with E-state index >= 15 is 0 Å². The summed E-state index contributed by atoms with van der Waals surface area (Å²) in [7, 11) is 0. The fourth-order valence-corrected chi connectivity index (χ4v) is 1.84. The normalized spacial score (nSPS) is 25.2. The molecule has 1 aromatic rings. The summed E-state index contributed by atoms with van der Waals surface area (Å²) in [4.78, 5) is 0. The molecular formula is C10H8. The van der Waals surface area contributed by atoms with Crippen LogP contribution >= 0.6 is 0 Å². The molecule has 2 aliphatic carbocycles. The van der Waals surface area contributed by atoms with Crippen LogP contribution in [-0.4, -0.2) is 0 Å². The molecule has 0 aromatic heterocycles. The number of fused-ring (bicyclic) bond motifs is 3. The zero-order valence-electron chi connectivity index (χ0n) is 5.67. The summed E-state index contributed by atoms with van der Waals surface area (Å²) in [5.41, 5.74) is 4.65. The molecule has 48 valence electrons. The predicted molar refractivity (Wildman–Crippen MR) is 41.6 cm³/mol. The molecule has 0 fully saturated rings. The Hall–Kier alpha value is -1.04. The molecule has 10 heavy (non-hydrogen) atoms. The van der Waals surface area contributed by atoms with Crippen molar-refractivity contribution >= 4 is 5.57 Å². The molecule has 1 aromatic carbocycles. The van der Waals surface area contributed by atoms with Gasteiger partial charge in [0, 0.05) is 5.92 Å². The van der Waals surface area contributed by atoms with E-state index in [1.165, 1.54) is 12.0 Å². The Morgan fingerprint density at radius 3 is 3.00 bits per heavy atom. The summed E-state index contributed by atoms with van der Waals surface area (Å²) in [6.07, 6.45) is 3.63. The van der Waals surface area contributed by atoms with E-state index in [0.717, 1.165) is 5.92 Å². The van der Waals surface area contributed by atoms with Gasteiger partial charge in [0.1, 0.15) is 0 Å². The van der Waals surface area contributed by atoms with E-state index in [1.807, 2.05) is 0 Å². The Labute approximate surface area is 60.2 Å². The SMILES string of the molecule is C1=C2c3ccccc3CC12. The maximum atomic E-state index is 2.36. The highest BCUT2D eigenvalue weighted by Gasteiger charge is 2.33. The van der Waals surface area contributed by atoms with Crippen molar-refractivity contribution in [3.8, 4) is 0 Å². The second-order valence-corrected chi connectivity index (χ2v) is 3.09. The molecule has 2 aliphatic rings. The molecule has 1 unspecified atom stereocenters. The Morgan fingerprint density at radius 1 is 1.20 bits per heavy atom. The van der Waals surface area contributed by atoms with Crippen LogP contribution in [0.5, 0.6) is 0 Å². The van der Waals surface area contributed by atoms with Gasteiger partial charge >= 0.3 is 0 Å². The Balaban J connectivity index is 2.31. The zero-order valence-corrected chi connectivity index (χ0v) is 5.67. The molecule has 3 rings (SSSR count). The minimum absolute atomic E-state index is 0.831. The van der Waals surface area contributed by atoms with Crippen molar-refractivity contribution in [2.75, 3.05) is 0 Å². The van der Waals surface area contributed by atoms with Gasteiger partial charge < -0.3 is 0 Å². The fraction of sp³-hybridized carbons (Fsp3) is 0.200. The van der Waals surface area contributed by atoms with Gasteiger partial charge in [-0.2, -0.15) is 0 Å².